The van der Waals surface area contributed by atoms with E-state index in [4.69, 9.17) is 12.2 Å². The zero-order valence-electron chi connectivity index (χ0n) is 8.18. The van der Waals surface area contributed by atoms with E-state index in [0.29, 0.717) is 10.8 Å². The number of rotatable bonds is 1. The van der Waals surface area contributed by atoms with E-state index in [9.17, 15) is 0 Å². The van der Waals surface area contributed by atoms with E-state index in [1.807, 2.05) is 6.07 Å². The van der Waals surface area contributed by atoms with Gasteiger partial charge in [0.1, 0.15) is 5.82 Å². The zero-order chi connectivity index (χ0) is 10.3. The Morgan fingerprint density at radius 1 is 1.33 bits per heavy atom. The Kier molecular flexibility index (Phi) is 1.95. The van der Waals surface area contributed by atoms with E-state index < -0.39 is 0 Å². The van der Waals surface area contributed by atoms with Gasteiger partial charge in [0.25, 0.3) is 0 Å². The molecule has 1 N–H and O–H groups in total. The average Bonchev–Trinajstić information content (AvgIpc) is 2.77. The number of nitrogens with one attached hydrogen (secondary N) is 1. The molecular weight excluding hydrogens is 206 g/mol. The molecule has 15 heavy (non-hydrogen) atoms. The molecule has 3 nitrogen and oxygen atoms in total. The smallest absolute Gasteiger partial charge is 0.213 e. The van der Waals surface area contributed by atoms with Crippen LogP contribution in [0.4, 0.5) is 0 Å². The van der Waals surface area contributed by atoms with Crippen LogP contribution in [0.3, 0.4) is 0 Å². The van der Waals surface area contributed by atoms with Crippen molar-refractivity contribution in [2.24, 2.45) is 0 Å². The summed E-state index contributed by atoms with van der Waals surface area (Å²) in [4.78, 5) is 4.29. The molecule has 0 saturated carbocycles. The van der Waals surface area contributed by atoms with Gasteiger partial charge in [0.15, 0.2) is 0 Å². The number of hydrogen-bond acceptors (Lipinski definition) is 2. The maximum atomic E-state index is 5.04. The summed E-state index contributed by atoms with van der Waals surface area (Å²) in [5.41, 5.74) is 1.32. The molecule has 1 aliphatic rings. The van der Waals surface area contributed by atoms with Crippen molar-refractivity contribution in [3.63, 3.8) is 0 Å². The number of benzene rings is 1. The number of fused-ring (bicyclic) bond motifs is 1. The standard InChI is InChI=1S/C11H11N3S/c15-11-12-10-7-6-9(14(10)13-11)8-4-2-1-3-5-8/h1-5,9H,6-7H2,(H,13,15). The third kappa shape index (κ3) is 1.41. The quantitative estimate of drug-likeness (QED) is 0.744. The monoisotopic (exact) mass is 217 g/mol. The van der Waals surface area contributed by atoms with Crippen LogP contribution in [0, 0.1) is 4.77 Å². The summed E-state index contributed by atoms with van der Waals surface area (Å²) in [6.07, 6.45) is 2.12. The number of hydrogen-bond donors (Lipinski definition) is 1. The Balaban J connectivity index is 2.07. The number of aromatic nitrogens is 3. The van der Waals surface area contributed by atoms with Crippen LogP contribution in [-0.4, -0.2) is 14.8 Å². The van der Waals surface area contributed by atoms with Gasteiger partial charge in [-0.15, -0.1) is 0 Å². The molecule has 1 aliphatic heterocycles. The highest BCUT2D eigenvalue weighted by Gasteiger charge is 2.24. The number of nitrogens with zero attached hydrogens (tertiary/aromatic N) is 2. The molecule has 1 unspecified atom stereocenters. The maximum Gasteiger partial charge on any atom is 0.213 e. The molecule has 4 heteroatoms. The number of H-pyrrole nitrogens is 1. The molecule has 1 atom stereocenters. The average molecular weight is 217 g/mol. The van der Waals surface area contributed by atoms with Crippen LogP contribution in [0.5, 0.6) is 0 Å². The van der Waals surface area contributed by atoms with Crippen LogP contribution in [0.25, 0.3) is 0 Å². The topological polar surface area (TPSA) is 33.6 Å². The van der Waals surface area contributed by atoms with Gasteiger partial charge in [-0.05, 0) is 24.2 Å². The SMILES string of the molecule is S=c1nc2n([nH]1)C(c1ccccc1)CC2. The molecule has 1 aromatic heterocycles. The lowest BCUT2D eigenvalue weighted by Gasteiger charge is -2.12. The van der Waals surface area contributed by atoms with E-state index in [1.165, 1.54) is 5.56 Å². The molecule has 0 aliphatic carbocycles. The first kappa shape index (κ1) is 8.85. The van der Waals surface area contributed by atoms with Gasteiger partial charge in [-0.2, -0.15) is 0 Å². The molecule has 0 spiro atoms. The number of aryl methyl sites for hydroxylation is 1. The van der Waals surface area contributed by atoms with Crippen molar-refractivity contribution in [2.75, 3.05) is 0 Å². The molecule has 0 bridgehead atoms. The Morgan fingerprint density at radius 3 is 2.93 bits per heavy atom. The summed E-state index contributed by atoms with van der Waals surface area (Å²) in [6.45, 7) is 0. The summed E-state index contributed by atoms with van der Waals surface area (Å²) in [7, 11) is 0. The lowest BCUT2D eigenvalue weighted by Crippen LogP contribution is -2.06. The molecule has 76 valence electrons. The molecule has 2 aromatic rings. The van der Waals surface area contributed by atoms with Gasteiger partial charge in [-0.25, -0.2) is 4.98 Å². The van der Waals surface area contributed by atoms with Crippen molar-refractivity contribution < 1.29 is 0 Å². The van der Waals surface area contributed by atoms with Crippen molar-refractivity contribution in [1.82, 2.24) is 14.8 Å². The van der Waals surface area contributed by atoms with Crippen LogP contribution >= 0.6 is 12.2 Å². The predicted molar refractivity (Wildman–Crippen MR) is 60.3 cm³/mol. The van der Waals surface area contributed by atoms with E-state index >= 15 is 0 Å². The Morgan fingerprint density at radius 2 is 2.13 bits per heavy atom. The van der Waals surface area contributed by atoms with Crippen molar-refractivity contribution in [3.8, 4) is 0 Å². The Labute approximate surface area is 92.8 Å². The summed E-state index contributed by atoms with van der Waals surface area (Å²) >= 11 is 5.04. The van der Waals surface area contributed by atoms with Crippen molar-refractivity contribution >= 4 is 12.2 Å². The van der Waals surface area contributed by atoms with Crippen LogP contribution in [0.2, 0.25) is 0 Å². The van der Waals surface area contributed by atoms with Crippen LogP contribution in [-0.2, 0) is 6.42 Å². The Hall–Kier alpha value is -1.42. The van der Waals surface area contributed by atoms with Gasteiger partial charge in [0.05, 0.1) is 6.04 Å². The fourth-order valence-corrected chi connectivity index (χ4v) is 2.39. The highest BCUT2D eigenvalue weighted by atomic mass is 32.1. The van der Waals surface area contributed by atoms with Crippen LogP contribution in [0.15, 0.2) is 30.3 Å². The lowest BCUT2D eigenvalue weighted by atomic mass is 10.1. The first-order chi connectivity index (χ1) is 7.34. The zero-order valence-corrected chi connectivity index (χ0v) is 9.00. The summed E-state index contributed by atoms with van der Waals surface area (Å²) in [6, 6.07) is 10.9. The van der Waals surface area contributed by atoms with Gasteiger partial charge in [-0.3, -0.25) is 9.78 Å². The second kappa shape index (κ2) is 3.31. The second-order valence-corrected chi connectivity index (χ2v) is 4.17. The largest absolute Gasteiger partial charge is 0.271 e. The number of aromatic amines is 1. The third-order valence-electron chi connectivity index (χ3n) is 2.86. The summed E-state index contributed by atoms with van der Waals surface area (Å²) in [5.74, 6) is 1.08. The minimum atomic E-state index is 0.380. The molecule has 0 amide bonds. The highest BCUT2D eigenvalue weighted by Crippen LogP contribution is 2.29. The molecular formula is C11H11N3S. The normalized spacial score (nSPS) is 19.1. The van der Waals surface area contributed by atoms with Gasteiger partial charge in [-0.1, -0.05) is 30.3 Å². The highest BCUT2D eigenvalue weighted by molar-refractivity contribution is 7.71. The summed E-state index contributed by atoms with van der Waals surface area (Å²) < 4.78 is 2.68. The molecule has 3 rings (SSSR count). The van der Waals surface area contributed by atoms with E-state index in [-0.39, 0.29) is 0 Å². The Bertz CT molecular complexity index is 526. The van der Waals surface area contributed by atoms with Gasteiger partial charge >= 0.3 is 0 Å². The minimum Gasteiger partial charge on any atom is -0.271 e. The van der Waals surface area contributed by atoms with E-state index in [2.05, 4.69) is 39.0 Å². The van der Waals surface area contributed by atoms with Gasteiger partial charge in [0, 0.05) is 6.42 Å². The first-order valence-electron chi connectivity index (χ1n) is 5.07. The molecule has 0 radical (unpaired) electrons. The maximum absolute atomic E-state index is 5.04. The summed E-state index contributed by atoms with van der Waals surface area (Å²) in [5, 5.41) is 3.13. The van der Waals surface area contributed by atoms with E-state index in [0.717, 1.165) is 18.7 Å². The molecule has 2 heterocycles. The van der Waals surface area contributed by atoms with Crippen LogP contribution < -0.4 is 0 Å². The van der Waals surface area contributed by atoms with Gasteiger partial charge < -0.3 is 0 Å². The lowest BCUT2D eigenvalue weighted by molar-refractivity contribution is 0.553. The fraction of sp³-hybridized carbons (Fsp3) is 0.273. The van der Waals surface area contributed by atoms with E-state index in [1.54, 1.807) is 0 Å². The van der Waals surface area contributed by atoms with Crippen LogP contribution in [0.1, 0.15) is 23.9 Å². The predicted octanol–water partition coefficient (Wildman–Crippen LogP) is 2.48. The van der Waals surface area contributed by atoms with Gasteiger partial charge in [0.2, 0.25) is 4.77 Å². The van der Waals surface area contributed by atoms with Crippen molar-refractivity contribution in [3.05, 3.63) is 46.5 Å². The molecule has 0 saturated heterocycles. The second-order valence-electron chi connectivity index (χ2n) is 3.78. The van der Waals surface area contributed by atoms with Crippen molar-refractivity contribution in [2.45, 2.75) is 18.9 Å². The minimum absolute atomic E-state index is 0.380. The molecule has 0 fully saturated rings. The molecule has 1 aromatic carbocycles. The first-order valence-corrected chi connectivity index (χ1v) is 5.48. The van der Waals surface area contributed by atoms with Crippen molar-refractivity contribution in [1.29, 1.82) is 0 Å². The third-order valence-corrected chi connectivity index (χ3v) is 3.04. The fourth-order valence-electron chi connectivity index (χ4n) is 2.18.